The van der Waals surface area contributed by atoms with E-state index in [0.717, 1.165) is 29.8 Å². The molecule has 5 nitrogen and oxygen atoms in total. The van der Waals surface area contributed by atoms with Gasteiger partial charge in [0.05, 0.1) is 10.5 Å². The van der Waals surface area contributed by atoms with Crippen LogP contribution in [0.2, 0.25) is 0 Å². The fraction of sp³-hybridized carbons (Fsp3) is 0.278. The van der Waals surface area contributed by atoms with E-state index in [1.54, 1.807) is 32.0 Å². The van der Waals surface area contributed by atoms with Crippen molar-refractivity contribution in [3.05, 3.63) is 59.2 Å². The molecule has 0 aliphatic carbocycles. The zero-order valence-electron chi connectivity index (χ0n) is 14.7. The Morgan fingerprint density at radius 3 is 2.26 bits per heavy atom. The minimum absolute atomic E-state index is 0.137. The molecule has 0 fully saturated rings. The molecular weight excluding hydrogens is 381 g/mol. The maximum absolute atomic E-state index is 12.5. The number of aryl methyl sites for hydroxylation is 2. The standard InChI is InChI=1S/C18H19F3N2O3S/c1-12-3-4-13(2)16(11-12)27(25,26)22-10-9-17(24)23-15-7-5-14(6-8-15)18(19,20)21/h3-8,11,22H,9-10H2,1-2H3,(H,23,24). The minimum Gasteiger partial charge on any atom is -0.326 e. The minimum atomic E-state index is -4.45. The molecule has 1 amide bonds. The van der Waals surface area contributed by atoms with Gasteiger partial charge in [0.2, 0.25) is 15.9 Å². The number of halogens is 3. The van der Waals surface area contributed by atoms with Gasteiger partial charge in [0.15, 0.2) is 0 Å². The predicted molar refractivity (Wildman–Crippen MR) is 95.8 cm³/mol. The lowest BCUT2D eigenvalue weighted by molar-refractivity contribution is -0.137. The quantitative estimate of drug-likeness (QED) is 0.778. The Bertz CT molecular complexity index is 924. The summed E-state index contributed by atoms with van der Waals surface area (Å²) in [6, 6.07) is 9.03. The van der Waals surface area contributed by atoms with Crippen LogP contribution in [0.5, 0.6) is 0 Å². The van der Waals surface area contributed by atoms with Gasteiger partial charge >= 0.3 is 6.18 Å². The Hall–Kier alpha value is -2.39. The lowest BCUT2D eigenvalue weighted by Crippen LogP contribution is -2.28. The third-order valence-electron chi connectivity index (χ3n) is 3.77. The molecule has 0 radical (unpaired) electrons. The molecule has 0 spiro atoms. The largest absolute Gasteiger partial charge is 0.416 e. The van der Waals surface area contributed by atoms with Crippen LogP contribution in [-0.2, 0) is 21.0 Å². The second kappa shape index (κ2) is 8.10. The molecular formula is C18H19F3N2O3S. The highest BCUT2D eigenvalue weighted by molar-refractivity contribution is 7.89. The molecule has 0 aromatic heterocycles. The molecule has 0 aliphatic heterocycles. The monoisotopic (exact) mass is 400 g/mol. The van der Waals surface area contributed by atoms with Gasteiger partial charge in [-0.3, -0.25) is 4.79 Å². The molecule has 0 heterocycles. The van der Waals surface area contributed by atoms with Gasteiger partial charge in [-0.05, 0) is 55.3 Å². The Balaban J connectivity index is 1.91. The van der Waals surface area contributed by atoms with Crippen LogP contribution in [-0.4, -0.2) is 20.9 Å². The van der Waals surface area contributed by atoms with Gasteiger partial charge in [-0.15, -0.1) is 0 Å². The van der Waals surface area contributed by atoms with Crippen molar-refractivity contribution in [3.63, 3.8) is 0 Å². The van der Waals surface area contributed by atoms with E-state index in [4.69, 9.17) is 0 Å². The van der Waals surface area contributed by atoms with Gasteiger partial charge in [-0.2, -0.15) is 13.2 Å². The van der Waals surface area contributed by atoms with Crippen molar-refractivity contribution < 1.29 is 26.4 Å². The van der Waals surface area contributed by atoms with Gasteiger partial charge in [-0.25, -0.2) is 13.1 Å². The van der Waals surface area contributed by atoms with Crippen LogP contribution in [0.25, 0.3) is 0 Å². The lowest BCUT2D eigenvalue weighted by Gasteiger charge is -2.11. The van der Waals surface area contributed by atoms with Crippen LogP contribution in [0.1, 0.15) is 23.1 Å². The van der Waals surface area contributed by atoms with Gasteiger partial charge in [0.25, 0.3) is 0 Å². The number of anilines is 1. The van der Waals surface area contributed by atoms with Crippen molar-refractivity contribution >= 4 is 21.6 Å². The van der Waals surface area contributed by atoms with Crippen molar-refractivity contribution in [2.75, 3.05) is 11.9 Å². The Morgan fingerprint density at radius 1 is 1.04 bits per heavy atom. The van der Waals surface area contributed by atoms with E-state index in [-0.39, 0.29) is 23.5 Å². The maximum Gasteiger partial charge on any atom is 0.416 e. The average molecular weight is 400 g/mol. The van der Waals surface area contributed by atoms with Crippen molar-refractivity contribution in [1.82, 2.24) is 4.72 Å². The van der Waals surface area contributed by atoms with Crippen LogP contribution in [0.3, 0.4) is 0 Å². The van der Waals surface area contributed by atoms with E-state index in [2.05, 4.69) is 10.0 Å². The summed E-state index contributed by atoms with van der Waals surface area (Å²) in [5, 5.41) is 2.43. The molecule has 0 aliphatic rings. The van der Waals surface area contributed by atoms with Crippen molar-refractivity contribution in [1.29, 1.82) is 0 Å². The molecule has 0 saturated carbocycles. The maximum atomic E-state index is 12.5. The highest BCUT2D eigenvalue weighted by Gasteiger charge is 2.30. The molecule has 0 bridgehead atoms. The summed E-state index contributed by atoms with van der Waals surface area (Å²) >= 11 is 0. The molecule has 2 rings (SSSR count). The van der Waals surface area contributed by atoms with Gasteiger partial charge in [0.1, 0.15) is 0 Å². The number of carbonyl (C=O) groups excluding carboxylic acids is 1. The third-order valence-corrected chi connectivity index (χ3v) is 5.38. The number of carbonyl (C=O) groups is 1. The van der Waals surface area contributed by atoms with Gasteiger partial charge < -0.3 is 5.32 Å². The van der Waals surface area contributed by atoms with Crippen molar-refractivity contribution in [3.8, 4) is 0 Å². The molecule has 9 heteroatoms. The number of nitrogens with one attached hydrogen (secondary N) is 2. The summed E-state index contributed by atoms with van der Waals surface area (Å²) in [4.78, 5) is 12.0. The molecule has 0 unspecified atom stereocenters. The Kier molecular flexibility index (Phi) is 6.27. The molecule has 2 N–H and O–H groups in total. The normalized spacial score (nSPS) is 12.0. The summed E-state index contributed by atoms with van der Waals surface area (Å²) in [7, 11) is -3.76. The van der Waals surface area contributed by atoms with Crippen LogP contribution in [0.15, 0.2) is 47.4 Å². The SMILES string of the molecule is Cc1ccc(C)c(S(=O)(=O)NCCC(=O)Nc2ccc(C(F)(F)F)cc2)c1. The van der Waals surface area contributed by atoms with Crippen molar-refractivity contribution in [2.24, 2.45) is 0 Å². The number of amides is 1. The van der Waals surface area contributed by atoms with Gasteiger partial charge in [-0.1, -0.05) is 12.1 Å². The van der Waals surface area contributed by atoms with E-state index in [0.29, 0.717) is 5.56 Å². The summed E-state index contributed by atoms with van der Waals surface area (Å²) in [6.45, 7) is 3.31. The Labute approximate surface area is 155 Å². The third kappa shape index (κ3) is 5.80. The summed E-state index contributed by atoms with van der Waals surface area (Å²) in [6.07, 6.45) is -4.61. The first kappa shape index (κ1) is 20.9. The van der Waals surface area contributed by atoms with Crippen molar-refractivity contribution in [2.45, 2.75) is 31.3 Å². The topological polar surface area (TPSA) is 75.3 Å². The average Bonchev–Trinajstić information content (AvgIpc) is 2.56. The fourth-order valence-electron chi connectivity index (χ4n) is 2.34. The number of sulfonamides is 1. The number of alkyl halides is 3. The molecule has 2 aromatic rings. The lowest BCUT2D eigenvalue weighted by atomic mass is 10.2. The number of hydrogen-bond acceptors (Lipinski definition) is 3. The van der Waals surface area contributed by atoms with Crippen LogP contribution >= 0.6 is 0 Å². The summed E-state index contributed by atoms with van der Waals surface area (Å²) in [5.74, 6) is -0.515. The highest BCUT2D eigenvalue weighted by atomic mass is 32.2. The smallest absolute Gasteiger partial charge is 0.326 e. The number of benzene rings is 2. The zero-order valence-corrected chi connectivity index (χ0v) is 15.5. The summed E-state index contributed by atoms with van der Waals surface area (Å²) in [5.41, 5.74) is 0.760. The zero-order chi connectivity index (χ0) is 20.2. The number of rotatable bonds is 6. The molecule has 146 valence electrons. The van der Waals surface area contributed by atoms with Gasteiger partial charge in [0, 0.05) is 18.7 Å². The summed E-state index contributed by atoms with van der Waals surface area (Å²) < 4.78 is 64.5. The second-order valence-corrected chi connectivity index (χ2v) is 7.78. The van der Waals surface area contributed by atoms with Crippen LogP contribution in [0, 0.1) is 13.8 Å². The molecule has 0 atom stereocenters. The second-order valence-electron chi connectivity index (χ2n) is 6.04. The van der Waals surface area contributed by atoms with E-state index in [1.165, 1.54) is 0 Å². The van der Waals surface area contributed by atoms with E-state index in [1.807, 2.05) is 0 Å². The predicted octanol–water partition coefficient (Wildman–Crippen LogP) is 3.63. The van der Waals surface area contributed by atoms with Crippen LogP contribution < -0.4 is 10.0 Å². The first-order valence-electron chi connectivity index (χ1n) is 8.03. The molecule has 0 saturated heterocycles. The van der Waals surface area contributed by atoms with E-state index >= 15 is 0 Å². The highest BCUT2D eigenvalue weighted by Crippen LogP contribution is 2.29. The first-order valence-corrected chi connectivity index (χ1v) is 9.51. The molecule has 27 heavy (non-hydrogen) atoms. The Morgan fingerprint density at radius 2 is 1.67 bits per heavy atom. The molecule has 2 aromatic carbocycles. The first-order chi connectivity index (χ1) is 12.5. The fourth-order valence-corrected chi connectivity index (χ4v) is 3.70. The van der Waals surface area contributed by atoms with E-state index < -0.39 is 27.7 Å². The number of hydrogen-bond donors (Lipinski definition) is 2. The van der Waals surface area contributed by atoms with Crippen LogP contribution in [0.4, 0.5) is 18.9 Å². The van der Waals surface area contributed by atoms with E-state index in [9.17, 15) is 26.4 Å².